The summed E-state index contributed by atoms with van der Waals surface area (Å²) in [6, 6.07) is 8.24. The fourth-order valence-corrected chi connectivity index (χ4v) is 4.51. The quantitative estimate of drug-likeness (QED) is 0.575. The summed E-state index contributed by atoms with van der Waals surface area (Å²) in [5.41, 5.74) is 2.92. The first-order valence-corrected chi connectivity index (χ1v) is 11.4. The number of aromatic nitrogens is 2. The zero-order valence-corrected chi connectivity index (χ0v) is 19.1. The molecule has 4 heterocycles. The van der Waals surface area contributed by atoms with Gasteiger partial charge in [0, 0.05) is 69.3 Å². The van der Waals surface area contributed by atoms with E-state index >= 15 is 0 Å². The predicted octanol–water partition coefficient (Wildman–Crippen LogP) is 4.26. The summed E-state index contributed by atoms with van der Waals surface area (Å²) in [6.45, 7) is 5.31. The van der Waals surface area contributed by atoms with E-state index in [1.165, 1.54) is 0 Å². The molecule has 5 rings (SSSR count). The van der Waals surface area contributed by atoms with Crippen molar-refractivity contribution in [2.75, 3.05) is 61.4 Å². The maximum atomic E-state index is 14.4. The van der Waals surface area contributed by atoms with Crippen LogP contribution in [0.3, 0.4) is 0 Å². The lowest BCUT2D eigenvalue weighted by Gasteiger charge is -2.33. The van der Waals surface area contributed by atoms with E-state index in [0.29, 0.717) is 18.9 Å². The lowest BCUT2D eigenvalue weighted by molar-refractivity contribution is 0.312. The molecule has 33 heavy (non-hydrogen) atoms. The normalized spacial score (nSPS) is 16.5. The number of rotatable bonds is 4. The molecule has 1 fully saturated rings. The molecule has 1 saturated heterocycles. The summed E-state index contributed by atoms with van der Waals surface area (Å²) in [6.07, 6.45) is 3.65. The fraction of sp³-hybridized carbons (Fsp3) is 0.333. The molecule has 9 heteroatoms. The molecular weight excluding hydrogens is 446 g/mol. The molecule has 0 aliphatic carbocycles. The average Bonchev–Trinajstić information content (AvgIpc) is 2.84. The Hall–Kier alpha value is -2.97. The van der Waals surface area contributed by atoms with Crippen LogP contribution in [-0.2, 0) is 6.54 Å². The predicted molar refractivity (Wildman–Crippen MR) is 128 cm³/mol. The molecule has 2 aromatic heterocycles. The third-order valence-electron chi connectivity index (χ3n) is 6.28. The molecule has 1 aromatic carbocycles. The molecular formula is C24H25ClF2N6. The van der Waals surface area contributed by atoms with Crippen molar-refractivity contribution in [1.29, 1.82) is 0 Å². The molecule has 0 bridgehead atoms. The van der Waals surface area contributed by atoms with E-state index in [9.17, 15) is 8.78 Å². The van der Waals surface area contributed by atoms with Crippen LogP contribution in [0.4, 0.5) is 26.1 Å². The molecule has 0 amide bonds. The zero-order valence-electron chi connectivity index (χ0n) is 18.4. The maximum Gasteiger partial charge on any atom is 0.149 e. The fourth-order valence-electron chi connectivity index (χ4n) is 4.29. The minimum absolute atomic E-state index is 0.149. The van der Waals surface area contributed by atoms with Gasteiger partial charge in [0.1, 0.15) is 23.3 Å². The first-order chi connectivity index (χ1) is 16.0. The number of benzene rings is 1. The monoisotopic (exact) mass is 470 g/mol. The largest absolute Gasteiger partial charge is 0.367 e. The lowest BCUT2D eigenvalue weighted by Crippen LogP contribution is -2.44. The Balaban J connectivity index is 1.45. The third-order valence-corrected chi connectivity index (χ3v) is 6.69. The van der Waals surface area contributed by atoms with Gasteiger partial charge in [0.05, 0.1) is 10.7 Å². The molecule has 0 atom stereocenters. The van der Waals surface area contributed by atoms with Crippen LogP contribution in [0.5, 0.6) is 0 Å². The van der Waals surface area contributed by atoms with Gasteiger partial charge >= 0.3 is 0 Å². The second-order valence-electron chi connectivity index (χ2n) is 8.45. The molecule has 2 aliphatic heterocycles. The van der Waals surface area contributed by atoms with Crippen molar-refractivity contribution < 1.29 is 8.78 Å². The van der Waals surface area contributed by atoms with Crippen LogP contribution in [0.2, 0.25) is 5.02 Å². The van der Waals surface area contributed by atoms with E-state index in [-0.39, 0.29) is 17.1 Å². The van der Waals surface area contributed by atoms with Crippen molar-refractivity contribution in [2.24, 2.45) is 0 Å². The Bertz CT molecular complexity index is 1170. The first-order valence-electron chi connectivity index (χ1n) is 11.0. The van der Waals surface area contributed by atoms with Crippen molar-refractivity contribution >= 4 is 28.9 Å². The van der Waals surface area contributed by atoms with Gasteiger partial charge in [0.2, 0.25) is 0 Å². The standard InChI is InChI=1S/C24H25ClF2N6/c1-31-8-10-32(11-9-31)22-13-16(4-5-28-22)17-12-21-24(30-14-17)29-6-7-33(21)15-18-19(26)2-3-20(27)23(18)25/h2-5,12-14H,6-11,15H2,1H3,(H,29,30). The highest BCUT2D eigenvalue weighted by Crippen LogP contribution is 2.35. The zero-order chi connectivity index (χ0) is 22.9. The average molecular weight is 471 g/mol. The van der Waals surface area contributed by atoms with Gasteiger partial charge in [-0.3, -0.25) is 0 Å². The summed E-state index contributed by atoms with van der Waals surface area (Å²) in [5, 5.41) is 3.11. The number of fused-ring (bicyclic) bond motifs is 1. The summed E-state index contributed by atoms with van der Waals surface area (Å²) in [7, 11) is 2.13. The van der Waals surface area contributed by atoms with Crippen molar-refractivity contribution in [3.63, 3.8) is 0 Å². The van der Waals surface area contributed by atoms with Crippen LogP contribution >= 0.6 is 11.6 Å². The number of nitrogens with one attached hydrogen (secondary N) is 1. The Kier molecular flexibility index (Phi) is 6.03. The molecule has 0 radical (unpaired) electrons. The topological polar surface area (TPSA) is 47.5 Å². The van der Waals surface area contributed by atoms with E-state index in [2.05, 4.69) is 38.2 Å². The number of likely N-dealkylation sites (N-methyl/N-ethyl adjacent to an activating group) is 1. The second-order valence-corrected chi connectivity index (χ2v) is 8.83. The molecule has 6 nitrogen and oxygen atoms in total. The van der Waals surface area contributed by atoms with Crippen LogP contribution in [0.1, 0.15) is 5.56 Å². The maximum absolute atomic E-state index is 14.4. The number of pyridine rings is 2. The van der Waals surface area contributed by atoms with Gasteiger partial charge in [-0.05, 0) is 42.9 Å². The minimum atomic E-state index is -0.622. The Morgan fingerprint density at radius 1 is 0.970 bits per heavy atom. The molecule has 2 aliphatic rings. The number of anilines is 3. The van der Waals surface area contributed by atoms with E-state index in [1.807, 2.05) is 29.4 Å². The first kappa shape index (κ1) is 21.9. The lowest BCUT2D eigenvalue weighted by atomic mass is 10.1. The van der Waals surface area contributed by atoms with Crippen LogP contribution in [0, 0.1) is 11.6 Å². The van der Waals surface area contributed by atoms with Crippen LogP contribution in [-0.4, -0.2) is 61.2 Å². The molecule has 3 aromatic rings. The Morgan fingerprint density at radius 3 is 2.58 bits per heavy atom. The summed E-state index contributed by atoms with van der Waals surface area (Å²) in [4.78, 5) is 15.8. The van der Waals surface area contributed by atoms with Crippen molar-refractivity contribution in [3.05, 3.63) is 64.9 Å². The van der Waals surface area contributed by atoms with Crippen molar-refractivity contribution in [3.8, 4) is 11.1 Å². The SMILES string of the molecule is CN1CCN(c2cc(-c3cnc4c(c3)N(Cc3c(F)ccc(F)c3Cl)CCN4)ccn2)CC1. The highest BCUT2D eigenvalue weighted by molar-refractivity contribution is 6.31. The van der Waals surface area contributed by atoms with E-state index in [1.54, 1.807) is 0 Å². The van der Waals surface area contributed by atoms with Gasteiger partial charge in [-0.25, -0.2) is 18.7 Å². The van der Waals surface area contributed by atoms with Gasteiger partial charge in [-0.15, -0.1) is 0 Å². The Labute approximate surface area is 196 Å². The number of halogens is 3. The highest BCUT2D eigenvalue weighted by atomic mass is 35.5. The van der Waals surface area contributed by atoms with E-state index in [4.69, 9.17) is 11.6 Å². The molecule has 1 N–H and O–H groups in total. The smallest absolute Gasteiger partial charge is 0.149 e. The van der Waals surface area contributed by atoms with E-state index < -0.39 is 11.6 Å². The number of hydrogen-bond acceptors (Lipinski definition) is 6. The van der Waals surface area contributed by atoms with Crippen molar-refractivity contribution in [2.45, 2.75) is 6.54 Å². The summed E-state index contributed by atoms with van der Waals surface area (Å²) < 4.78 is 28.4. The summed E-state index contributed by atoms with van der Waals surface area (Å²) in [5.74, 6) is 0.522. The van der Waals surface area contributed by atoms with E-state index in [0.717, 1.165) is 60.9 Å². The van der Waals surface area contributed by atoms with Gasteiger partial charge in [0.25, 0.3) is 0 Å². The van der Waals surface area contributed by atoms with Gasteiger partial charge in [-0.1, -0.05) is 11.6 Å². The summed E-state index contributed by atoms with van der Waals surface area (Å²) >= 11 is 6.08. The molecule has 172 valence electrons. The highest BCUT2D eigenvalue weighted by Gasteiger charge is 2.23. The second kappa shape index (κ2) is 9.11. The van der Waals surface area contributed by atoms with Crippen LogP contribution < -0.4 is 15.1 Å². The van der Waals surface area contributed by atoms with Gasteiger partial charge in [-0.2, -0.15) is 0 Å². The number of hydrogen-bond donors (Lipinski definition) is 1. The molecule has 0 saturated carbocycles. The van der Waals surface area contributed by atoms with Crippen LogP contribution in [0.25, 0.3) is 11.1 Å². The Morgan fingerprint density at radius 2 is 1.76 bits per heavy atom. The molecule has 0 unspecified atom stereocenters. The van der Waals surface area contributed by atoms with Crippen molar-refractivity contribution in [1.82, 2.24) is 14.9 Å². The minimum Gasteiger partial charge on any atom is -0.367 e. The van der Waals surface area contributed by atoms with Crippen LogP contribution in [0.15, 0.2) is 42.7 Å². The molecule has 0 spiro atoms. The number of nitrogens with zero attached hydrogens (tertiary/aromatic N) is 5. The third kappa shape index (κ3) is 4.45. The number of piperazine rings is 1. The van der Waals surface area contributed by atoms with Gasteiger partial charge < -0.3 is 20.0 Å². The van der Waals surface area contributed by atoms with Gasteiger partial charge in [0.15, 0.2) is 0 Å².